The fraction of sp³-hybridized carbons (Fsp3) is 0.316. The molecule has 2 aromatic carbocycles. The van der Waals surface area contributed by atoms with E-state index in [1.54, 1.807) is 18.3 Å². The lowest BCUT2D eigenvalue weighted by Gasteiger charge is -2.29. The third kappa shape index (κ3) is 4.38. The first-order valence-corrected chi connectivity index (χ1v) is 10.4. The molecule has 1 N–H and O–H groups in total. The van der Waals surface area contributed by atoms with Gasteiger partial charge in [0, 0.05) is 15.7 Å². The summed E-state index contributed by atoms with van der Waals surface area (Å²) in [6, 6.07) is 5.53. The summed E-state index contributed by atoms with van der Waals surface area (Å²) in [5.41, 5.74) is 1.47. The fourth-order valence-corrected chi connectivity index (χ4v) is 3.51. The van der Waals surface area contributed by atoms with Gasteiger partial charge in [0.2, 0.25) is 0 Å². The summed E-state index contributed by atoms with van der Waals surface area (Å²) in [5, 5.41) is 1.58. The Labute approximate surface area is 193 Å². The van der Waals surface area contributed by atoms with Gasteiger partial charge in [-0.3, -0.25) is 0 Å². The van der Waals surface area contributed by atoms with E-state index < -0.39 is 18.2 Å². The van der Waals surface area contributed by atoms with Crippen LogP contribution in [0.15, 0.2) is 24.3 Å². The molecule has 3 rings (SSSR count). The predicted molar refractivity (Wildman–Crippen MR) is 114 cm³/mol. The Hall–Kier alpha value is -1.59. The molecule has 1 heterocycles. The van der Waals surface area contributed by atoms with Crippen LogP contribution in [0.5, 0.6) is 17.2 Å². The molecule has 0 saturated heterocycles. The Bertz CT molecular complexity index is 983. The van der Waals surface area contributed by atoms with Gasteiger partial charge in [0.25, 0.3) is 0 Å². The number of carbonyl (C=O) groups excluding carboxylic acids is 1. The molecule has 0 aromatic heterocycles. The molecule has 2 aromatic rings. The van der Waals surface area contributed by atoms with Crippen LogP contribution in [0.3, 0.4) is 0 Å². The monoisotopic (exact) mass is 575 g/mol. The summed E-state index contributed by atoms with van der Waals surface area (Å²) in [7, 11) is 0. The molecule has 0 saturated carbocycles. The molecule has 0 aliphatic carbocycles. The van der Waals surface area contributed by atoms with Gasteiger partial charge in [-0.25, -0.2) is 10.1 Å². The molecule has 1 aliphatic rings. The van der Waals surface area contributed by atoms with E-state index in [1.807, 2.05) is 19.9 Å². The molecular weight excluding hydrogens is 561 g/mol. The molecule has 0 fully saturated rings. The number of carbonyl (C=O) groups is 1. The quantitative estimate of drug-likeness (QED) is 0.409. The van der Waals surface area contributed by atoms with Crippen LogP contribution in [0.1, 0.15) is 30.9 Å². The number of alkyl halides is 3. The van der Waals surface area contributed by atoms with Gasteiger partial charge in [-0.15, -0.1) is 0 Å². The molecule has 1 aliphatic heterocycles. The molecule has 1 amide bonds. The molecule has 30 heavy (non-hydrogen) atoms. The third-order valence-corrected chi connectivity index (χ3v) is 6.13. The highest BCUT2D eigenvalue weighted by Crippen LogP contribution is 2.48. The summed E-state index contributed by atoms with van der Waals surface area (Å²) in [5.74, 6) is -4.04. The number of rotatable bonds is 3. The maximum atomic E-state index is 13.8. The van der Waals surface area contributed by atoms with E-state index in [0.29, 0.717) is 5.56 Å². The first kappa shape index (κ1) is 23.1. The van der Waals surface area contributed by atoms with Crippen LogP contribution in [-0.2, 0) is 0 Å². The zero-order valence-corrected chi connectivity index (χ0v) is 19.5. The van der Waals surface area contributed by atoms with Crippen LogP contribution in [0.2, 0.25) is 10.0 Å². The van der Waals surface area contributed by atoms with Crippen molar-refractivity contribution in [3.8, 4) is 17.2 Å². The second-order valence-corrected chi connectivity index (χ2v) is 8.82. The first-order chi connectivity index (χ1) is 13.8. The zero-order chi connectivity index (χ0) is 22.4. The fourth-order valence-electron chi connectivity index (χ4n) is 2.71. The zero-order valence-electron chi connectivity index (χ0n) is 15.8. The predicted octanol–water partition coefficient (Wildman–Crippen LogP) is 6.81. The summed E-state index contributed by atoms with van der Waals surface area (Å²) in [4.78, 5) is 12.4. The van der Waals surface area contributed by atoms with E-state index >= 15 is 0 Å². The van der Waals surface area contributed by atoms with Crippen LogP contribution >= 0.6 is 45.8 Å². The van der Waals surface area contributed by atoms with Crippen molar-refractivity contribution in [3.63, 3.8) is 0 Å². The smallest absolute Gasteiger partial charge is 0.424 e. The van der Waals surface area contributed by atoms with Crippen molar-refractivity contribution < 1.29 is 32.2 Å². The van der Waals surface area contributed by atoms with Crippen LogP contribution in [-0.4, -0.2) is 18.2 Å². The lowest BCUT2D eigenvalue weighted by Crippen LogP contribution is -2.65. The lowest BCUT2D eigenvalue weighted by molar-refractivity contribution is -0.318. The maximum absolute atomic E-state index is 13.8. The number of halogens is 6. The van der Waals surface area contributed by atoms with Gasteiger partial charge >= 0.3 is 18.2 Å². The second-order valence-electron chi connectivity index (χ2n) is 6.84. The van der Waals surface area contributed by atoms with E-state index in [-0.39, 0.29) is 33.2 Å². The van der Waals surface area contributed by atoms with Crippen molar-refractivity contribution in [1.29, 1.82) is 0 Å². The summed E-state index contributed by atoms with van der Waals surface area (Å²) >= 11 is 13.8. The van der Waals surface area contributed by atoms with Crippen molar-refractivity contribution in [3.05, 3.63) is 49.0 Å². The first-order valence-electron chi connectivity index (χ1n) is 8.57. The van der Waals surface area contributed by atoms with Gasteiger partial charge in [0.1, 0.15) is 5.75 Å². The molecule has 0 spiro atoms. The van der Waals surface area contributed by atoms with E-state index in [9.17, 15) is 18.0 Å². The van der Waals surface area contributed by atoms with Crippen molar-refractivity contribution >= 4 is 51.9 Å². The van der Waals surface area contributed by atoms with E-state index in [0.717, 1.165) is 21.3 Å². The normalized spacial score (nSPS) is 14.7. The Kier molecular flexibility index (Phi) is 6.28. The van der Waals surface area contributed by atoms with Gasteiger partial charge in [0.15, 0.2) is 11.5 Å². The SMILES string of the molecule is Cc1cc(OC(=O)NC2(C(F)(F)F)Oc3cc(Cl)c(Cl)cc3O2)c(C(C)C)cc1I. The minimum absolute atomic E-state index is 0.0319. The molecule has 162 valence electrons. The Morgan fingerprint density at radius 2 is 1.67 bits per heavy atom. The largest absolute Gasteiger partial charge is 0.492 e. The standard InChI is InChI=1S/C19H15Cl2F3INO4/c1-8(2)10-5-13(25)9(3)4-14(10)28-17(27)26-19(18(22,23)24)29-15-6-11(20)12(21)7-16(15)30-19/h4-8H,1-3H3,(H,26,27). The average molecular weight is 576 g/mol. The molecule has 0 unspecified atom stereocenters. The lowest BCUT2D eigenvalue weighted by atomic mass is 10.0. The van der Waals surface area contributed by atoms with Crippen LogP contribution in [0, 0.1) is 10.5 Å². The van der Waals surface area contributed by atoms with Crippen LogP contribution in [0.25, 0.3) is 0 Å². The number of hydrogen-bond donors (Lipinski definition) is 1. The van der Waals surface area contributed by atoms with E-state index in [4.69, 9.17) is 37.4 Å². The Balaban J connectivity index is 1.90. The van der Waals surface area contributed by atoms with Crippen LogP contribution < -0.4 is 19.5 Å². The van der Waals surface area contributed by atoms with Crippen molar-refractivity contribution in [2.24, 2.45) is 0 Å². The van der Waals surface area contributed by atoms with Crippen molar-refractivity contribution in [1.82, 2.24) is 5.32 Å². The minimum Gasteiger partial charge on any atom is -0.424 e. The molecule has 0 atom stereocenters. The van der Waals surface area contributed by atoms with E-state index in [2.05, 4.69) is 22.6 Å². The molecule has 5 nitrogen and oxygen atoms in total. The summed E-state index contributed by atoms with van der Waals surface area (Å²) < 4.78 is 57.4. The van der Waals surface area contributed by atoms with Crippen molar-refractivity contribution in [2.45, 2.75) is 38.8 Å². The average Bonchev–Trinajstić information content (AvgIpc) is 2.95. The number of amides is 1. The van der Waals surface area contributed by atoms with Crippen molar-refractivity contribution in [2.75, 3.05) is 0 Å². The molecule has 11 heteroatoms. The molecule has 0 radical (unpaired) electrons. The highest BCUT2D eigenvalue weighted by Gasteiger charge is 2.66. The van der Waals surface area contributed by atoms with E-state index in [1.165, 1.54) is 0 Å². The van der Waals surface area contributed by atoms with Gasteiger partial charge in [-0.2, -0.15) is 13.2 Å². The third-order valence-electron chi connectivity index (χ3n) is 4.25. The van der Waals surface area contributed by atoms with Gasteiger partial charge < -0.3 is 14.2 Å². The van der Waals surface area contributed by atoms with Gasteiger partial charge in [-0.05, 0) is 58.7 Å². The highest BCUT2D eigenvalue weighted by molar-refractivity contribution is 14.1. The highest BCUT2D eigenvalue weighted by atomic mass is 127. The number of fused-ring (bicyclic) bond motifs is 1. The second kappa shape index (κ2) is 8.16. The number of benzene rings is 2. The van der Waals surface area contributed by atoms with Gasteiger partial charge in [0.05, 0.1) is 10.0 Å². The summed E-state index contributed by atoms with van der Waals surface area (Å²) in [6.45, 7) is 5.53. The Morgan fingerprint density at radius 3 is 2.13 bits per heavy atom. The number of ether oxygens (including phenoxy) is 3. The van der Waals surface area contributed by atoms with Gasteiger partial charge in [-0.1, -0.05) is 37.0 Å². The topological polar surface area (TPSA) is 56.8 Å². The molecular formula is C19H15Cl2F3INO4. The maximum Gasteiger partial charge on any atom is 0.492 e. The van der Waals surface area contributed by atoms with Crippen LogP contribution in [0.4, 0.5) is 18.0 Å². The number of aryl methyl sites for hydroxylation is 1. The minimum atomic E-state index is -5.15. The number of nitrogens with one attached hydrogen (secondary N) is 1. The Morgan fingerprint density at radius 1 is 1.13 bits per heavy atom. The number of hydrogen-bond acceptors (Lipinski definition) is 4. The summed E-state index contributed by atoms with van der Waals surface area (Å²) in [6.07, 6.45) is -6.55. The molecule has 0 bridgehead atoms.